The monoisotopic (exact) mass is 310 g/mol. The molecule has 0 bridgehead atoms. The zero-order valence-electron chi connectivity index (χ0n) is 8.19. The molecule has 0 radical (unpaired) electrons. The van der Waals surface area contributed by atoms with Gasteiger partial charge in [0.1, 0.15) is 0 Å². The molecule has 0 aromatic rings. The maximum absolute atomic E-state index is 7.50. The van der Waals surface area contributed by atoms with E-state index in [1.807, 2.05) is 0 Å². The first-order chi connectivity index (χ1) is 7.50. The van der Waals surface area contributed by atoms with Gasteiger partial charge in [0.15, 0.2) is 0 Å². The van der Waals surface area contributed by atoms with E-state index in [0.29, 0.717) is 0 Å². The molecule has 0 N–H and O–H groups in total. The molecule has 0 unspecified atom stereocenters. The van der Waals surface area contributed by atoms with Crippen LogP contribution in [0.5, 0.6) is 0 Å². The van der Waals surface area contributed by atoms with Crippen molar-refractivity contribution in [2.45, 2.75) is 12.8 Å². The van der Waals surface area contributed by atoms with E-state index in [4.69, 9.17) is 28.0 Å². The molecule has 0 atom stereocenters. The molecule has 0 amide bonds. The average molecular weight is 308 g/mol. The summed E-state index contributed by atoms with van der Waals surface area (Å²) in [7, 11) is 0. The third-order valence-electron chi connectivity index (χ3n) is 0.827. The van der Waals surface area contributed by atoms with Crippen molar-refractivity contribution < 1.29 is 49.1 Å². The van der Waals surface area contributed by atoms with Gasteiger partial charge in [-0.3, -0.25) is 0 Å². The predicted octanol–water partition coefficient (Wildman–Crippen LogP) is 0.607. The second-order valence-electron chi connectivity index (χ2n) is 1.32. The summed E-state index contributed by atoms with van der Waals surface area (Å²) < 4.78 is 42.4. The zero-order valence-corrected chi connectivity index (χ0v) is 10.2. The van der Waals surface area contributed by atoms with Gasteiger partial charge in [-0.25, -0.2) is 0 Å². The molecule has 0 spiro atoms. The van der Waals surface area contributed by atoms with Crippen molar-refractivity contribution in [3.63, 3.8) is 0 Å². The minimum Gasteiger partial charge on any atom is 0 e. The maximum Gasteiger partial charge on any atom is 0 e. The molecule has 7 heteroatoms. The van der Waals surface area contributed by atoms with Gasteiger partial charge in [0.05, 0.1) is 0 Å². The first-order valence-electron chi connectivity index (χ1n) is 3.10. The van der Waals surface area contributed by atoms with Crippen LogP contribution in [0, 0.1) is 33.3 Å². The molecular formula is C9H8MoO6. The van der Waals surface area contributed by atoms with E-state index in [1.54, 1.807) is 0 Å². The Morgan fingerprint density at radius 1 is 0.562 bits per heavy atom. The standard InChI is InChI=1S/C4H8O.5CO.Mo/c1-2-4-5-3-1;5*1-2;/h1-4H2;;;;;;. The Hall–Kier alpha value is -0.652. The summed E-state index contributed by atoms with van der Waals surface area (Å²) in [5.41, 5.74) is 0. The van der Waals surface area contributed by atoms with Gasteiger partial charge in [-0.05, 0) is 12.8 Å². The molecule has 1 heterocycles. The maximum atomic E-state index is 7.50. The van der Waals surface area contributed by atoms with E-state index >= 15 is 0 Å². The summed E-state index contributed by atoms with van der Waals surface area (Å²) in [5.74, 6) is 0. The van der Waals surface area contributed by atoms with E-state index in [-0.39, 0.29) is 21.1 Å². The average Bonchev–Trinajstić information content (AvgIpc) is 3.00. The molecule has 0 aromatic heterocycles. The van der Waals surface area contributed by atoms with Gasteiger partial charge in [-0.2, -0.15) is 0 Å². The zero-order chi connectivity index (χ0) is 13.5. The van der Waals surface area contributed by atoms with Gasteiger partial charge in [0.2, 0.25) is 0 Å². The van der Waals surface area contributed by atoms with Crippen molar-refractivity contribution in [1.29, 1.82) is 0 Å². The Bertz CT molecular complexity index is 123. The molecule has 0 aromatic carbocycles. The normalized spacial score (nSPS) is 8.12. The summed E-state index contributed by atoms with van der Waals surface area (Å²) in [5, 5.41) is 0. The summed E-state index contributed by atoms with van der Waals surface area (Å²) in [6, 6.07) is 0. The van der Waals surface area contributed by atoms with Crippen LogP contribution in [0.2, 0.25) is 0 Å². The molecule has 1 rings (SSSR count). The summed E-state index contributed by atoms with van der Waals surface area (Å²) in [6.45, 7) is 24.5. The minimum atomic E-state index is 0. The molecule has 1 saturated heterocycles. The first-order valence-corrected chi connectivity index (χ1v) is 3.10. The van der Waals surface area contributed by atoms with Crippen LogP contribution in [0.3, 0.4) is 0 Å². The van der Waals surface area contributed by atoms with Crippen LogP contribution in [-0.4, -0.2) is 13.2 Å². The number of rotatable bonds is 0. The molecule has 6 nitrogen and oxygen atoms in total. The molecule has 1 fully saturated rings. The van der Waals surface area contributed by atoms with E-state index in [1.165, 1.54) is 12.8 Å². The van der Waals surface area contributed by atoms with Crippen molar-refractivity contribution >= 4 is 0 Å². The Morgan fingerprint density at radius 3 is 0.812 bits per heavy atom. The van der Waals surface area contributed by atoms with Gasteiger partial charge in [-0.1, -0.05) is 0 Å². The van der Waals surface area contributed by atoms with Crippen LogP contribution < -0.4 is 0 Å². The summed E-state index contributed by atoms with van der Waals surface area (Å²) in [6.07, 6.45) is 2.56. The molecule has 1 aliphatic heterocycles. The fourth-order valence-corrected chi connectivity index (χ4v) is 0.510. The largest absolute Gasteiger partial charge is 0 e. The molecule has 1 aliphatic rings. The van der Waals surface area contributed by atoms with Crippen LogP contribution in [0.25, 0.3) is 0 Å². The number of hydrogen-bond acceptors (Lipinski definition) is 1. The van der Waals surface area contributed by atoms with Gasteiger partial charge in [0, 0.05) is 34.3 Å². The van der Waals surface area contributed by atoms with E-state index < -0.39 is 0 Å². The van der Waals surface area contributed by atoms with E-state index in [0.717, 1.165) is 13.2 Å². The first kappa shape index (κ1) is 36.2. The molecule has 16 heavy (non-hydrogen) atoms. The van der Waals surface area contributed by atoms with Crippen molar-refractivity contribution in [2.75, 3.05) is 13.2 Å². The topological polar surface area (TPSA) is 109 Å². The quantitative estimate of drug-likeness (QED) is 0.364. The number of ether oxygens (including phenoxy) is 1. The van der Waals surface area contributed by atoms with E-state index in [9.17, 15) is 0 Å². The van der Waals surface area contributed by atoms with Crippen molar-refractivity contribution in [3.05, 3.63) is 33.3 Å². The third kappa shape index (κ3) is 108. The van der Waals surface area contributed by atoms with Crippen LogP contribution in [-0.2, 0) is 49.1 Å². The van der Waals surface area contributed by atoms with Crippen LogP contribution in [0.4, 0.5) is 0 Å². The smallest absolute Gasteiger partial charge is 0 e. The second kappa shape index (κ2) is 135. The second-order valence-corrected chi connectivity index (χ2v) is 1.32. The molecular weight excluding hydrogens is 300 g/mol. The van der Waals surface area contributed by atoms with Gasteiger partial charge < -0.3 is 4.74 Å². The third-order valence-corrected chi connectivity index (χ3v) is 0.827. The molecule has 0 saturated carbocycles. The number of hydrogen-bond donors (Lipinski definition) is 0. The fraction of sp³-hybridized carbons (Fsp3) is 0.444. The van der Waals surface area contributed by atoms with Gasteiger partial charge >= 0.3 is 56.5 Å². The van der Waals surface area contributed by atoms with Crippen LogP contribution >= 0.6 is 0 Å². The van der Waals surface area contributed by atoms with E-state index in [2.05, 4.69) is 33.3 Å². The Balaban J connectivity index is -0.0000000203. The van der Waals surface area contributed by atoms with Gasteiger partial charge in [-0.15, -0.1) is 0 Å². The predicted molar refractivity (Wildman–Crippen MR) is 39.7 cm³/mol. The molecule has 0 aliphatic carbocycles. The Morgan fingerprint density at radius 2 is 0.750 bits per heavy atom. The Labute approximate surface area is 109 Å². The fourth-order valence-electron chi connectivity index (χ4n) is 0.510. The van der Waals surface area contributed by atoms with Crippen molar-refractivity contribution in [3.8, 4) is 0 Å². The molecule has 86 valence electrons. The summed E-state index contributed by atoms with van der Waals surface area (Å²) in [4.78, 5) is 0. The van der Waals surface area contributed by atoms with Crippen LogP contribution in [0.15, 0.2) is 0 Å². The Kier molecular flexibility index (Phi) is 306. The van der Waals surface area contributed by atoms with Crippen molar-refractivity contribution in [1.82, 2.24) is 0 Å². The summed E-state index contributed by atoms with van der Waals surface area (Å²) >= 11 is 0. The van der Waals surface area contributed by atoms with Crippen LogP contribution in [0.1, 0.15) is 12.8 Å². The van der Waals surface area contributed by atoms with Gasteiger partial charge in [0.25, 0.3) is 0 Å². The van der Waals surface area contributed by atoms with Crippen molar-refractivity contribution in [2.24, 2.45) is 0 Å². The SMILES string of the molecule is C1CCOC1.[C-]#[O+].[C-]#[O+].[C-]#[O+].[C-]#[O+].[C-]#[O+].[Mo]. The minimum absolute atomic E-state index is 0.